The van der Waals surface area contributed by atoms with E-state index >= 15 is 0 Å². The number of nitrogens with zero attached hydrogens (tertiary/aromatic N) is 2. The van der Waals surface area contributed by atoms with Crippen LogP contribution in [0.1, 0.15) is 47.5 Å². The van der Waals surface area contributed by atoms with Crippen LogP contribution in [-0.2, 0) is 9.53 Å². The third-order valence-electron chi connectivity index (χ3n) is 4.15. The number of guanidine groups is 1. The number of rotatable bonds is 8. The molecule has 0 aromatic rings. The standard InChI is InChI=1S/C17H34N4O2.HI/c1-6-18-17(19-10-8-9-16(22)23-7-2)20-15-12-21(13(3)4)11-14(15)5;/h13-15H,6-12H2,1-5H3,(H2,18,19,20);1H. The highest BCUT2D eigenvalue weighted by Gasteiger charge is 2.31. The van der Waals surface area contributed by atoms with Crippen molar-refractivity contribution in [2.75, 3.05) is 32.8 Å². The van der Waals surface area contributed by atoms with E-state index in [1.807, 2.05) is 6.92 Å². The molecular formula is C17H35IN4O2. The number of carbonyl (C=O) groups is 1. The van der Waals surface area contributed by atoms with E-state index in [2.05, 4.69) is 48.2 Å². The molecule has 0 bridgehead atoms. The molecule has 1 fully saturated rings. The summed E-state index contributed by atoms with van der Waals surface area (Å²) >= 11 is 0. The third-order valence-corrected chi connectivity index (χ3v) is 4.15. The Labute approximate surface area is 164 Å². The lowest BCUT2D eigenvalue weighted by molar-refractivity contribution is -0.143. The van der Waals surface area contributed by atoms with Crippen LogP contribution < -0.4 is 10.6 Å². The molecule has 0 spiro atoms. The van der Waals surface area contributed by atoms with E-state index in [9.17, 15) is 4.79 Å². The Kier molecular flexibility index (Phi) is 12.4. The molecule has 2 atom stereocenters. The second-order valence-corrected chi connectivity index (χ2v) is 6.44. The Morgan fingerprint density at radius 3 is 2.58 bits per heavy atom. The first-order valence-corrected chi connectivity index (χ1v) is 8.92. The number of ether oxygens (including phenoxy) is 1. The highest BCUT2D eigenvalue weighted by Crippen LogP contribution is 2.18. The van der Waals surface area contributed by atoms with Crippen LogP contribution in [0.25, 0.3) is 0 Å². The molecule has 1 rings (SSSR count). The van der Waals surface area contributed by atoms with Crippen molar-refractivity contribution in [2.45, 2.75) is 59.5 Å². The second kappa shape index (κ2) is 12.7. The van der Waals surface area contributed by atoms with Crippen molar-refractivity contribution in [3.05, 3.63) is 0 Å². The lowest BCUT2D eigenvalue weighted by Gasteiger charge is -2.21. The summed E-state index contributed by atoms with van der Waals surface area (Å²) in [5.41, 5.74) is 0. The maximum Gasteiger partial charge on any atom is 0.305 e. The zero-order valence-electron chi connectivity index (χ0n) is 15.8. The van der Waals surface area contributed by atoms with Crippen LogP contribution in [0.2, 0.25) is 0 Å². The molecule has 2 unspecified atom stereocenters. The molecule has 1 aliphatic rings. The van der Waals surface area contributed by atoms with Crippen molar-refractivity contribution < 1.29 is 9.53 Å². The van der Waals surface area contributed by atoms with Gasteiger partial charge in [0, 0.05) is 44.7 Å². The smallest absolute Gasteiger partial charge is 0.305 e. The predicted octanol–water partition coefficient (Wildman–Crippen LogP) is 2.23. The lowest BCUT2D eigenvalue weighted by Crippen LogP contribution is -2.46. The number of esters is 1. The Morgan fingerprint density at radius 2 is 2.04 bits per heavy atom. The van der Waals surface area contributed by atoms with Gasteiger partial charge in [0.05, 0.1) is 6.61 Å². The van der Waals surface area contributed by atoms with Gasteiger partial charge in [-0.3, -0.25) is 14.7 Å². The summed E-state index contributed by atoms with van der Waals surface area (Å²) in [6.45, 7) is 14.7. The molecule has 1 saturated heterocycles. The monoisotopic (exact) mass is 454 g/mol. The summed E-state index contributed by atoms with van der Waals surface area (Å²) in [4.78, 5) is 18.4. The summed E-state index contributed by atoms with van der Waals surface area (Å²) in [6, 6.07) is 0.994. The van der Waals surface area contributed by atoms with E-state index in [1.54, 1.807) is 0 Å². The number of likely N-dealkylation sites (tertiary alicyclic amines) is 1. The SMILES string of the molecule is CCNC(=NCCCC(=O)OCC)NC1CN(C(C)C)CC1C.I. The van der Waals surface area contributed by atoms with Crippen molar-refractivity contribution in [1.82, 2.24) is 15.5 Å². The largest absolute Gasteiger partial charge is 0.466 e. The maximum absolute atomic E-state index is 11.3. The molecule has 1 aliphatic heterocycles. The van der Waals surface area contributed by atoms with Gasteiger partial charge in [-0.2, -0.15) is 0 Å². The van der Waals surface area contributed by atoms with Crippen LogP contribution in [0.4, 0.5) is 0 Å². The highest BCUT2D eigenvalue weighted by molar-refractivity contribution is 14.0. The Bertz CT molecular complexity index is 391. The molecule has 2 N–H and O–H groups in total. The van der Waals surface area contributed by atoms with Crippen molar-refractivity contribution in [2.24, 2.45) is 10.9 Å². The first kappa shape index (κ1) is 23.4. The van der Waals surface area contributed by atoms with Crippen LogP contribution >= 0.6 is 24.0 Å². The number of hydrogen-bond acceptors (Lipinski definition) is 4. The van der Waals surface area contributed by atoms with Crippen LogP contribution in [0.5, 0.6) is 0 Å². The third kappa shape index (κ3) is 8.50. The van der Waals surface area contributed by atoms with E-state index < -0.39 is 0 Å². The second-order valence-electron chi connectivity index (χ2n) is 6.44. The van der Waals surface area contributed by atoms with Gasteiger partial charge in [0.1, 0.15) is 0 Å². The number of halogens is 1. The number of hydrogen-bond donors (Lipinski definition) is 2. The van der Waals surface area contributed by atoms with Crippen molar-refractivity contribution >= 4 is 35.9 Å². The van der Waals surface area contributed by atoms with Gasteiger partial charge in [0.15, 0.2) is 5.96 Å². The molecule has 0 amide bonds. The zero-order chi connectivity index (χ0) is 17.2. The van der Waals surface area contributed by atoms with Gasteiger partial charge >= 0.3 is 5.97 Å². The van der Waals surface area contributed by atoms with Crippen molar-refractivity contribution in [3.63, 3.8) is 0 Å². The van der Waals surface area contributed by atoms with Gasteiger partial charge in [-0.05, 0) is 40.0 Å². The van der Waals surface area contributed by atoms with E-state index in [1.165, 1.54) is 0 Å². The molecular weight excluding hydrogens is 419 g/mol. The number of nitrogens with one attached hydrogen (secondary N) is 2. The Balaban J connectivity index is 0.00000529. The maximum atomic E-state index is 11.3. The van der Waals surface area contributed by atoms with Crippen molar-refractivity contribution in [1.29, 1.82) is 0 Å². The summed E-state index contributed by atoms with van der Waals surface area (Å²) in [5.74, 6) is 1.30. The number of carbonyl (C=O) groups excluding carboxylic acids is 1. The molecule has 0 radical (unpaired) electrons. The molecule has 0 aromatic carbocycles. The van der Waals surface area contributed by atoms with E-state index in [4.69, 9.17) is 4.74 Å². The minimum Gasteiger partial charge on any atom is -0.466 e. The minimum absolute atomic E-state index is 0. The molecule has 0 aliphatic carbocycles. The lowest BCUT2D eigenvalue weighted by atomic mass is 10.1. The van der Waals surface area contributed by atoms with Gasteiger partial charge in [-0.25, -0.2) is 0 Å². The molecule has 1 heterocycles. The number of aliphatic imine (C=N–C) groups is 1. The Hall–Kier alpha value is -0.570. The molecule has 0 aromatic heterocycles. The topological polar surface area (TPSA) is 66.0 Å². The quantitative estimate of drug-likeness (QED) is 0.194. The summed E-state index contributed by atoms with van der Waals surface area (Å²) in [7, 11) is 0. The first-order chi connectivity index (χ1) is 11.0. The van der Waals surface area contributed by atoms with Gasteiger partial charge < -0.3 is 15.4 Å². The van der Waals surface area contributed by atoms with Gasteiger partial charge in [-0.15, -0.1) is 24.0 Å². The fourth-order valence-electron chi connectivity index (χ4n) is 2.76. The fraction of sp³-hybridized carbons (Fsp3) is 0.882. The summed E-state index contributed by atoms with van der Waals surface area (Å²) in [5, 5.41) is 6.84. The van der Waals surface area contributed by atoms with Crippen LogP contribution in [0.15, 0.2) is 4.99 Å². The molecule has 7 heteroatoms. The average molecular weight is 454 g/mol. The predicted molar refractivity (Wildman–Crippen MR) is 110 cm³/mol. The summed E-state index contributed by atoms with van der Waals surface area (Å²) < 4.78 is 4.93. The van der Waals surface area contributed by atoms with E-state index in [0.29, 0.717) is 44.0 Å². The molecule has 142 valence electrons. The van der Waals surface area contributed by atoms with Gasteiger partial charge in [0.25, 0.3) is 0 Å². The summed E-state index contributed by atoms with van der Waals surface area (Å²) in [6.07, 6.45) is 1.14. The van der Waals surface area contributed by atoms with Crippen LogP contribution in [0, 0.1) is 5.92 Å². The molecule has 0 saturated carbocycles. The Morgan fingerprint density at radius 1 is 1.33 bits per heavy atom. The van der Waals surface area contributed by atoms with E-state index in [0.717, 1.165) is 25.6 Å². The minimum atomic E-state index is -0.141. The molecule has 24 heavy (non-hydrogen) atoms. The fourth-order valence-corrected chi connectivity index (χ4v) is 2.76. The van der Waals surface area contributed by atoms with Crippen LogP contribution in [-0.4, -0.2) is 61.7 Å². The average Bonchev–Trinajstić information content (AvgIpc) is 2.85. The zero-order valence-corrected chi connectivity index (χ0v) is 18.1. The van der Waals surface area contributed by atoms with Gasteiger partial charge in [0.2, 0.25) is 0 Å². The van der Waals surface area contributed by atoms with E-state index in [-0.39, 0.29) is 29.9 Å². The highest BCUT2D eigenvalue weighted by atomic mass is 127. The first-order valence-electron chi connectivity index (χ1n) is 8.92. The molecule has 6 nitrogen and oxygen atoms in total. The van der Waals surface area contributed by atoms with Crippen LogP contribution in [0.3, 0.4) is 0 Å². The van der Waals surface area contributed by atoms with Gasteiger partial charge in [-0.1, -0.05) is 6.92 Å². The van der Waals surface area contributed by atoms with Crippen molar-refractivity contribution in [3.8, 4) is 0 Å². The normalized spacial score (nSPS) is 21.5.